The van der Waals surface area contributed by atoms with E-state index in [4.69, 9.17) is 16.7 Å². The van der Waals surface area contributed by atoms with E-state index in [1.54, 1.807) is 24.3 Å². The van der Waals surface area contributed by atoms with Gasteiger partial charge in [0.2, 0.25) is 0 Å². The van der Waals surface area contributed by atoms with Crippen LogP contribution in [0.4, 0.5) is 10.1 Å². The number of aliphatic hydroxyl groups is 1. The minimum atomic E-state index is -0.655. The molecule has 0 saturated carbocycles. The molecular weight excluding hydrogens is 293 g/mol. The highest BCUT2D eigenvalue weighted by Gasteiger charge is 2.14. The maximum Gasteiger partial charge on any atom is 0.257 e. The second kappa shape index (κ2) is 6.89. The highest BCUT2D eigenvalue weighted by Crippen LogP contribution is 2.22. The predicted molar refractivity (Wildman–Crippen MR) is 79.8 cm³/mol. The molecule has 0 heterocycles. The highest BCUT2D eigenvalue weighted by molar-refractivity contribution is 6.34. The van der Waals surface area contributed by atoms with Crippen molar-refractivity contribution in [2.45, 2.75) is 0 Å². The molecule has 0 atom stereocenters. The van der Waals surface area contributed by atoms with Crippen molar-refractivity contribution in [3.05, 3.63) is 64.4 Å². The first-order valence-electron chi connectivity index (χ1n) is 6.07. The standard InChI is InChI=1S/C16H11ClFNO2/c17-15-12(7-3-8-13(15)18)16(21)19-14-9-2-1-5-11(14)6-4-10-20/h1-3,5,7-9,20H,10H2,(H,19,21). The molecule has 1 amide bonds. The number of anilines is 1. The van der Waals surface area contributed by atoms with Gasteiger partial charge in [0, 0.05) is 5.56 Å². The topological polar surface area (TPSA) is 49.3 Å². The molecule has 0 unspecified atom stereocenters. The lowest BCUT2D eigenvalue weighted by atomic mass is 10.1. The summed E-state index contributed by atoms with van der Waals surface area (Å²) in [4.78, 5) is 12.2. The van der Waals surface area contributed by atoms with Crippen LogP contribution in [0.5, 0.6) is 0 Å². The number of carbonyl (C=O) groups excluding carboxylic acids is 1. The van der Waals surface area contributed by atoms with Crippen molar-refractivity contribution >= 4 is 23.2 Å². The largest absolute Gasteiger partial charge is 0.384 e. The second-order valence-corrected chi connectivity index (χ2v) is 4.44. The van der Waals surface area contributed by atoms with E-state index in [1.165, 1.54) is 18.2 Å². The number of amides is 1. The smallest absolute Gasteiger partial charge is 0.257 e. The van der Waals surface area contributed by atoms with Crippen molar-refractivity contribution in [1.29, 1.82) is 0 Å². The Kier molecular flexibility index (Phi) is 4.94. The van der Waals surface area contributed by atoms with Crippen LogP contribution in [0.1, 0.15) is 15.9 Å². The molecule has 2 rings (SSSR count). The summed E-state index contributed by atoms with van der Waals surface area (Å²) in [7, 11) is 0. The minimum absolute atomic E-state index is 0.0431. The van der Waals surface area contributed by atoms with Gasteiger partial charge in [-0.25, -0.2) is 4.39 Å². The quantitative estimate of drug-likeness (QED) is 0.838. The number of aliphatic hydroxyl groups excluding tert-OH is 1. The van der Waals surface area contributed by atoms with Crippen LogP contribution in [-0.4, -0.2) is 17.6 Å². The Labute approximate surface area is 126 Å². The Morgan fingerprint density at radius 2 is 2.00 bits per heavy atom. The van der Waals surface area contributed by atoms with Crippen LogP contribution in [-0.2, 0) is 0 Å². The zero-order chi connectivity index (χ0) is 15.2. The first-order chi connectivity index (χ1) is 10.1. The molecule has 5 heteroatoms. The average Bonchev–Trinajstić information content (AvgIpc) is 2.49. The van der Waals surface area contributed by atoms with Gasteiger partial charge in [-0.1, -0.05) is 41.6 Å². The van der Waals surface area contributed by atoms with E-state index >= 15 is 0 Å². The first-order valence-corrected chi connectivity index (χ1v) is 6.45. The molecule has 2 N–H and O–H groups in total. The van der Waals surface area contributed by atoms with Crippen molar-refractivity contribution in [3.8, 4) is 11.8 Å². The summed E-state index contributed by atoms with van der Waals surface area (Å²) in [5, 5.41) is 11.1. The van der Waals surface area contributed by atoms with Gasteiger partial charge in [0.25, 0.3) is 5.91 Å². The van der Waals surface area contributed by atoms with Crippen molar-refractivity contribution in [2.75, 3.05) is 11.9 Å². The number of nitrogens with one attached hydrogen (secondary N) is 1. The fourth-order valence-corrected chi connectivity index (χ4v) is 1.92. The molecule has 0 radical (unpaired) electrons. The first kappa shape index (κ1) is 15.0. The van der Waals surface area contributed by atoms with Gasteiger partial charge in [0.05, 0.1) is 16.3 Å². The van der Waals surface area contributed by atoms with Crippen molar-refractivity contribution in [3.63, 3.8) is 0 Å². The highest BCUT2D eigenvalue weighted by atomic mass is 35.5. The lowest BCUT2D eigenvalue weighted by Gasteiger charge is -2.09. The van der Waals surface area contributed by atoms with Crippen LogP contribution in [0.2, 0.25) is 5.02 Å². The Balaban J connectivity index is 2.30. The normalized spacial score (nSPS) is 9.67. The summed E-state index contributed by atoms with van der Waals surface area (Å²) in [6.07, 6.45) is 0. The minimum Gasteiger partial charge on any atom is -0.384 e. The fourth-order valence-electron chi connectivity index (χ4n) is 1.70. The van der Waals surface area contributed by atoms with E-state index in [1.807, 2.05) is 0 Å². The lowest BCUT2D eigenvalue weighted by Crippen LogP contribution is -2.13. The van der Waals surface area contributed by atoms with Gasteiger partial charge in [-0.2, -0.15) is 0 Å². The molecule has 3 nitrogen and oxygen atoms in total. The molecule has 0 fully saturated rings. The molecule has 0 bridgehead atoms. The van der Waals surface area contributed by atoms with E-state index in [-0.39, 0.29) is 17.2 Å². The zero-order valence-electron chi connectivity index (χ0n) is 10.9. The van der Waals surface area contributed by atoms with E-state index < -0.39 is 11.7 Å². The third kappa shape index (κ3) is 3.60. The molecule has 106 valence electrons. The van der Waals surface area contributed by atoms with Gasteiger partial charge in [0.15, 0.2) is 0 Å². The summed E-state index contributed by atoms with van der Waals surface area (Å²) in [6.45, 7) is -0.280. The van der Waals surface area contributed by atoms with Gasteiger partial charge < -0.3 is 10.4 Å². The number of hydrogen-bond acceptors (Lipinski definition) is 2. The van der Waals surface area contributed by atoms with E-state index in [9.17, 15) is 9.18 Å². The van der Waals surface area contributed by atoms with Crippen LogP contribution in [0.25, 0.3) is 0 Å². The zero-order valence-corrected chi connectivity index (χ0v) is 11.6. The number of halogens is 2. The molecular formula is C16H11ClFNO2. The molecule has 0 aromatic heterocycles. The SMILES string of the molecule is O=C(Nc1ccccc1C#CCO)c1cccc(F)c1Cl. The monoisotopic (exact) mass is 303 g/mol. The Morgan fingerprint density at radius 3 is 2.76 bits per heavy atom. The van der Waals surface area contributed by atoms with Gasteiger partial charge in [-0.15, -0.1) is 0 Å². The molecule has 2 aromatic rings. The average molecular weight is 304 g/mol. The molecule has 0 aliphatic rings. The van der Waals surface area contributed by atoms with Crippen molar-refractivity contribution < 1.29 is 14.3 Å². The maximum absolute atomic E-state index is 13.4. The van der Waals surface area contributed by atoms with Gasteiger partial charge >= 0.3 is 0 Å². The molecule has 21 heavy (non-hydrogen) atoms. The number of benzene rings is 2. The summed E-state index contributed by atoms with van der Waals surface area (Å²) in [5.74, 6) is 4.05. The van der Waals surface area contributed by atoms with Crippen molar-refractivity contribution in [1.82, 2.24) is 0 Å². The van der Waals surface area contributed by atoms with Crippen LogP contribution in [0.3, 0.4) is 0 Å². The molecule has 0 aliphatic carbocycles. The predicted octanol–water partition coefficient (Wildman–Crippen LogP) is 3.08. The Hall–Kier alpha value is -2.35. The second-order valence-electron chi connectivity index (χ2n) is 4.06. The van der Waals surface area contributed by atoms with Gasteiger partial charge in [-0.05, 0) is 24.3 Å². The van der Waals surface area contributed by atoms with Gasteiger partial charge in [0.1, 0.15) is 12.4 Å². The van der Waals surface area contributed by atoms with Crippen LogP contribution < -0.4 is 5.32 Å². The lowest BCUT2D eigenvalue weighted by molar-refractivity contribution is 0.102. The van der Waals surface area contributed by atoms with E-state index in [2.05, 4.69) is 17.2 Å². The van der Waals surface area contributed by atoms with Gasteiger partial charge in [-0.3, -0.25) is 4.79 Å². The third-order valence-electron chi connectivity index (χ3n) is 2.67. The molecule has 0 saturated heterocycles. The molecule has 0 aliphatic heterocycles. The Morgan fingerprint density at radius 1 is 1.24 bits per heavy atom. The maximum atomic E-state index is 13.4. The number of carbonyl (C=O) groups is 1. The van der Waals surface area contributed by atoms with Crippen LogP contribution in [0, 0.1) is 17.7 Å². The molecule has 0 spiro atoms. The third-order valence-corrected chi connectivity index (χ3v) is 3.06. The van der Waals surface area contributed by atoms with E-state index in [0.29, 0.717) is 11.3 Å². The summed E-state index contributed by atoms with van der Waals surface area (Å²) >= 11 is 5.78. The summed E-state index contributed by atoms with van der Waals surface area (Å²) < 4.78 is 13.4. The van der Waals surface area contributed by atoms with Crippen LogP contribution >= 0.6 is 11.6 Å². The van der Waals surface area contributed by atoms with E-state index in [0.717, 1.165) is 0 Å². The van der Waals surface area contributed by atoms with Crippen molar-refractivity contribution in [2.24, 2.45) is 0 Å². The number of hydrogen-bond donors (Lipinski definition) is 2. The molecule has 2 aromatic carbocycles. The van der Waals surface area contributed by atoms with Crippen LogP contribution in [0.15, 0.2) is 42.5 Å². The number of rotatable bonds is 2. The number of para-hydroxylation sites is 1. The summed E-state index contributed by atoms with van der Waals surface area (Å²) in [6, 6.07) is 10.9. The Bertz CT molecular complexity index is 735. The fraction of sp³-hybridized carbons (Fsp3) is 0.0625. The summed E-state index contributed by atoms with van der Waals surface area (Å²) in [5.41, 5.74) is 1.05.